The van der Waals surface area contributed by atoms with Crippen molar-refractivity contribution in [3.8, 4) is 17.1 Å². The fourth-order valence-electron chi connectivity index (χ4n) is 3.94. The average molecular weight is 512 g/mol. The van der Waals surface area contributed by atoms with E-state index in [0.29, 0.717) is 42.5 Å². The van der Waals surface area contributed by atoms with Crippen LogP contribution in [0.4, 0.5) is 11.4 Å². The Morgan fingerprint density at radius 2 is 1.89 bits per heavy atom. The number of rotatable bonds is 11. The highest BCUT2D eigenvalue weighted by atomic mass is 32.2. The summed E-state index contributed by atoms with van der Waals surface area (Å²) in [7, 11) is -3.32. The summed E-state index contributed by atoms with van der Waals surface area (Å²) in [5, 5.41) is 3.26. The minimum absolute atomic E-state index is 0.107. The Bertz CT molecular complexity index is 1250. The standard InChI is InChI=1S/C26H33N5O4S/c1-2-14-36(32,33)23-6-7-24(27)25(16-23)28-17-20-4-3-5-21(15-20)26-29-18-22(19-30-26)35-13-10-31-8-11-34-12-9-31/h3-7,15-16,18-19,28H,2,8-14,17,27H2,1H3. The molecule has 192 valence electrons. The number of hydrogen-bond acceptors (Lipinski definition) is 9. The van der Waals surface area contributed by atoms with Crippen molar-refractivity contribution in [3.63, 3.8) is 0 Å². The molecular formula is C26H33N5O4S. The number of sulfone groups is 1. The van der Waals surface area contributed by atoms with Crippen molar-refractivity contribution in [1.82, 2.24) is 14.9 Å². The van der Waals surface area contributed by atoms with Crippen LogP contribution >= 0.6 is 0 Å². The van der Waals surface area contributed by atoms with Gasteiger partial charge >= 0.3 is 0 Å². The van der Waals surface area contributed by atoms with Gasteiger partial charge in [0.25, 0.3) is 0 Å². The first-order valence-electron chi connectivity index (χ1n) is 12.1. The molecule has 3 N–H and O–H groups in total. The first-order chi connectivity index (χ1) is 17.4. The van der Waals surface area contributed by atoms with Crippen LogP contribution < -0.4 is 15.8 Å². The Morgan fingerprint density at radius 1 is 1.11 bits per heavy atom. The van der Waals surface area contributed by atoms with Crippen molar-refractivity contribution < 1.29 is 17.9 Å². The molecule has 1 fully saturated rings. The van der Waals surface area contributed by atoms with Gasteiger partial charge in [-0.2, -0.15) is 0 Å². The van der Waals surface area contributed by atoms with Crippen LogP contribution in [0.3, 0.4) is 0 Å². The molecule has 2 aromatic carbocycles. The normalized spacial score (nSPS) is 14.5. The van der Waals surface area contributed by atoms with Gasteiger partial charge < -0.3 is 20.5 Å². The number of nitrogens with zero attached hydrogens (tertiary/aromatic N) is 3. The van der Waals surface area contributed by atoms with Crippen molar-refractivity contribution in [2.75, 3.05) is 56.3 Å². The summed E-state index contributed by atoms with van der Waals surface area (Å²) in [5.41, 5.74) is 9.04. The number of benzene rings is 2. The molecular weight excluding hydrogens is 478 g/mol. The fourth-order valence-corrected chi connectivity index (χ4v) is 5.29. The maximum absolute atomic E-state index is 12.4. The Hall–Kier alpha value is -3.21. The molecule has 0 amide bonds. The number of aromatic nitrogens is 2. The molecule has 1 aliphatic heterocycles. The van der Waals surface area contributed by atoms with Crippen LogP contribution in [0, 0.1) is 0 Å². The molecule has 0 unspecified atom stereocenters. The number of hydrogen-bond donors (Lipinski definition) is 2. The van der Waals surface area contributed by atoms with Crippen LogP contribution in [-0.2, 0) is 21.1 Å². The first-order valence-corrected chi connectivity index (χ1v) is 13.8. The topological polar surface area (TPSA) is 120 Å². The van der Waals surface area contributed by atoms with E-state index in [0.717, 1.165) is 44.0 Å². The maximum atomic E-state index is 12.4. The van der Waals surface area contributed by atoms with E-state index in [1.165, 1.54) is 0 Å². The Labute approximate surface area is 212 Å². The van der Waals surface area contributed by atoms with Gasteiger partial charge in [-0.15, -0.1) is 0 Å². The second-order valence-electron chi connectivity index (χ2n) is 8.67. The molecule has 0 spiro atoms. The molecule has 1 saturated heterocycles. The number of nitrogen functional groups attached to an aromatic ring is 1. The van der Waals surface area contributed by atoms with E-state index < -0.39 is 9.84 Å². The summed E-state index contributed by atoms with van der Waals surface area (Å²) in [6, 6.07) is 12.6. The summed E-state index contributed by atoms with van der Waals surface area (Å²) < 4.78 is 36.0. The van der Waals surface area contributed by atoms with Crippen LogP contribution in [-0.4, -0.2) is 68.5 Å². The van der Waals surface area contributed by atoms with E-state index in [1.54, 1.807) is 30.6 Å². The summed E-state index contributed by atoms with van der Waals surface area (Å²) in [6.45, 7) is 7.14. The van der Waals surface area contributed by atoms with Gasteiger partial charge in [0.1, 0.15) is 6.61 Å². The molecule has 0 bridgehead atoms. The van der Waals surface area contributed by atoms with Gasteiger partial charge in [0.2, 0.25) is 0 Å². The maximum Gasteiger partial charge on any atom is 0.178 e. The predicted octanol–water partition coefficient (Wildman–Crippen LogP) is 3.23. The Kier molecular flexibility index (Phi) is 8.74. The van der Waals surface area contributed by atoms with Crippen molar-refractivity contribution in [3.05, 3.63) is 60.4 Å². The largest absolute Gasteiger partial charge is 0.489 e. The molecule has 36 heavy (non-hydrogen) atoms. The zero-order chi connectivity index (χ0) is 25.4. The van der Waals surface area contributed by atoms with Gasteiger partial charge in [0.05, 0.1) is 47.6 Å². The van der Waals surface area contributed by atoms with E-state index in [-0.39, 0.29) is 10.6 Å². The van der Waals surface area contributed by atoms with Crippen molar-refractivity contribution in [1.29, 1.82) is 0 Å². The van der Waals surface area contributed by atoms with Crippen LogP contribution in [0.5, 0.6) is 5.75 Å². The third kappa shape index (κ3) is 6.93. The Balaban J connectivity index is 1.36. The highest BCUT2D eigenvalue weighted by molar-refractivity contribution is 7.91. The van der Waals surface area contributed by atoms with Crippen molar-refractivity contribution >= 4 is 21.2 Å². The summed E-state index contributed by atoms with van der Waals surface area (Å²) in [4.78, 5) is 11.5. The van der Waals surface area contributed by atoms with E-state index in [2.05, 4.69) is 20.2 Å². The summed E-state index contributed by atoms with van der Waals surface area (Å²) in [5.74, 6) is 1.35. The molecule has 0 aliphatic carbocycles. The van der Waals surface area contributed by atoms with Gasteiger partial charge in [0.15, 0.2) is 21.4 Å². The fraction of sp³-hybridized carbons (Fsp3) is 0.385. The molecule has 1 aromatic heterocycles. The lowest BCUT2D eigenvalue weighted by Gasteiger charge is -2.26. The monoisotopic (exact) mass is 511 g/mol. The lowest BCUT2D eigenvalue weighted by atomic mass is 10.1. The lowest BCUT2D eigenvalue weighted by molar-refractivity contribution is 0.0322. The van der Waals surface area contributed by atoms with Gasteiger partial charge in [-0.25, -0.2) is 18.4 Å². The van der Waals surface area contributed by atoms with Crippen molar-refractivity contribution in [2.45, 2.75) is 24.8 Å². The first kappa shape index (κ1) is 25.9. The summed E-state index contributed by atoms with van der Waals surface area (Å²) in [6.07, 6.45) is 3.94. The van der Waals surface area contributed by atoms with Crippen LogP contribution in [0.25, 0.3) is 11.4 Å². The average Bonchev–Trinajstić information content (AvgIpc) is 2.89. The molecule has 3 aromatic rings. The highest BCUT2D eigenvalue weighted by Gasteiger charge is 2.15. The molecule has 0 radical (unpaired) electrons. The Morgan fingerprint density at radius 3 is 2.64 bits per heavy atom. The molecule has 10 heteroatoms. The quantitative estimate of drug-likeness (QED) is 0.374. The molecule has 2 heterocycles. The van der Waals surface area contributed by atoms with Gasteiger partial charge in [-0.3, -0.25) is 4.90 Å². The second kappa shape index (κ2) is 12.2. The van der Waals surface area contributed by atoms with Gasteiger partial charge in [-0.05, 0) is 36.2 Å². The second-order valence-corrected chi connectivity index (χ2v) is 10.8. The predicted molar refractivity (Wildman–Crippen MR) is 141 cm³/mol. The van der Waals surface area contributed by atoms with E-state index in [1.807, 2.05) is 31.2 Å². The van der Waals surface area contributed by atoms with E-state index in [4.69, 9.17) is 15.2 Å². The lowest BCUT2D eigenvalue weighted by Crippen LogP contribution is -2.38. The zero-order valence-corrected chi connectivity index (χ0v) is 21.3. The molecule has 1 aliphatic rings. The van der Waals surface area contributed by atoms with Crippen molar-refractivity contribution in [2.24, 2.45) is 0 Å². The minimum Gasteiger partial charge on any atom is -0.489 e. The van der Waals surface area contributed by atoms with Crippen LogP contribution in [0.1, 0.15) is 18.9 Å². The molecule has 0 atom stereocenters. The zero-order valence-electron chi connectivity index (χ0n) is 20.5. The number of ether oxygens (including phenoxy) is 2. The molecule has 4 rings (SSSR count). The molecule has 0 saturated carbocycles. The summed E-state index contributed by atoms with van der Waals surface area (Å²) >= 11 is 0. The van der Waals surface area contributed by atoms with Crippen LogP contribution in [0.2, 0.25) is 0 Å². The van der Waals surface area contributed by atoms with E-state index in [9.17, 15) is 8.42 Å². The molecule has 9 nitrogen and oxygen atoms in total. The number of anilines is 2. The van der Waals surface area contributed by atoms with Crippen LogP contribution in [0.15, 0.2) is 59.8 Å². The SMILES string of the molecule is CCCS(=O)(=O)c1ccc(N)c(NCc2cccc(-c3ncc(OCCN4CCOCC4)cn3)c2)c1. The van der Waals surface area contributed by atoms with Gasteiger partial charge in [-0.1, -0.05) is 25.1 Å². The van der Waals surface area contributed by atoms with E-state index >= 15 is 0 Å². The number of morpholine rings is 1. The number of nitrogens with two attached hydrogens (primary N) is 1. The third-order valence-corrected chi connectivity index (χ3v) is 7.85. The number of nitrogens with one attached hydrogen (secondary N) is 1. The highest BCUT2D eigenvalue weighted by Crippen LogP contribution is 2.25. The van der Waals surface area contributed by atoms with Gasteiger partial charge in [0, 0.05) is 31.7 Å². The smallest absolute Gasteiger partial charge is 0.178 e. The minimum atomic E-state index is -3.32. The third-order valence-electron chi connectivity index (χ3n) is 5.93.